The smallest absolute Gasteiger partial charge is 0.0649 e. The largest absolute Gasteiger partial charge is 0.0700 e. The van der Waals surface area contributed by atoms with E-state index in [0.29, 0.717) is 10.1 Å². The summed E-state index contributed by atoms with van der Waals surface area (Å²) in [4.78, 5) is 0. The zero-order valence-electron chi connectivity index (χ0n) is 10.7. The molecule has 1 fully saturated rings. The third-order valence-electron chi connectivity index (χ3n) is 4.56. The predicted octanol–water partition coefficient (Wildman–Crippen LogP) is 4.83. The van der Waals surface area contributed by atoms with E-state index in [1.807, 2.05) is 0 Å². The van der Waals surface area contributed by atoms with Crippen LogP contribution in [0.1, 0.15) is 55.4 Å². The zero-order valence-corrected chi connectivity index (χ0v) is 11.7. The summed E-state index contributed by atoms with van der Waals surface area (Å²) in [5, 5.41) is 1.15. The fourth-order valence-corrected chi connectivity index (χ4v) is 14.4. The van der Waals surface area contributed by atoms with E-state index in [1.54, 1.807) is 0 Å². The standard InChI is InChI=1S/C12H26Si/c1-9-10(2)13(9,11(3,4)5)12(6,7)8/h9-10H,1-8H3/t9-,10-/m0/s1. The van der Waals surface area contributed by atoms with Crippen LogP contribution in [0.25, 0.3) is 0 Å². The maximum atomic E-state index is 2.48. The molecule has 0 N–H and O–H groups in total. The van der Waals surface area contributed by atoms with Gasteiger partial charge in [-0.2, -0.15) is 0 Å². The summed E-state index contributed by atoms with van der Waals surface area (Å²) in [7, 11) is -1.06. The third-order valence-corrected chi connectivity index (χ3v) is 13.0. The minimum Gasteiger partial charge on any atom is -0.0649 e. The molecule has 0 aliphatic carbocycles. The Bertz CT molecular complexity index is 180. The Morgan fingerprint density at radius 3 is 0.923 bits per heavy atom. The SMILES string of the molecule is C[C@H]1[C@H](C)[Si]1(C(C)(C)C)C(C)(C)C. The van der Waals surface area contributed by atoms with E-state index in [9.17, 15) is 0 Å². The highest BCUT2D eigenvalue weighted by Gasteiger charge is 2.71. The van der Waals surface area contributed by atoms with Crippen LogP contribution in [0, 0.1) is 0 Å². The van der Waals surface area contributed by atoms with Crippen LogP contribution in [0.2, 0.25) is 21.2 Å². The van der Waals surface area contributed by atoms with E-state index in [2.05, 4.69) is 55.4 Å². The highest BCUT2D eigenvalue weighted by molar-refractivity contribution is 6.97. The Morgan fingerprint density at radius 2 is 0.923 bits per heavy atom. The van der Waals surface area contributed by atoms with Crippen molar-refractivity contribution >= 4 is 8.07 Å². The second-order valence-electron chi connectivity index (χ2n) is 6.95. The molecule has 0 aromatic heterocycles. The lowest BCUT2D eigenvalue weighted by Gasteiger charge is -2.42. The monoisotopic (exact) mass is 198 g/mol. The molecule has 0 saturated carbocycles. The first-order valence-electron chi connectivity index (χ1n) is 5.57. The fraction of sp³-hybridized carbons (Fsp3) is 1.00. The van der Waals surface area contributed by atoms with Gasteiger partial charge in [-0.05, 0) is 21.2 Å². The van der Waals surface area contributed by atoms with E-state index in [4.69, 9.17) is 0 Å². The van der Waals surface area contributed by atoms with E-state index in [-0.39, 0.29) is 0 Å². The van der Waals surface area contributed by atoms with Gasteiger partial charge in [-0.15, -0.1) is 0 Å². The molecule has 0 bridgehead atoms. The first-order chi connectivity index (χ1) is 5.57. The molecule has 1 heterocycles. The van der Waals surface area contributed by atoms with E-state index in [1.165, 1.54) is 0 Å². The first-order valence-corrected chi connectivity index (χ1v) is 7.72. The Hall–Kier alpha value is 0.217. The molecule has 78 valence electrons. The summed E-state index contributed by atoms with van der Waals surface area (Å²) in [6.45, 7) is 19.7. The van der Waals surface area contributed by atoms with Crippen molar-refractivity contribution in [3.05, 3.63) is 0 Å². The van der Waals surface area contributed by atoms with Crippen molar-refractivity contribution in [2.75, 3.05) is 0 Å². The highest BCUT2D eigenvalue weighted by atomic mass is 28.3. The van der Waals surface area contributed by atoms with Crippen LogP contribution in [0.3, 0.4) is 0 Å². The van der Waals surface area contributed by atoms with Gasteiger partial charge in [0.25, 0.3) is 0 Å². The second kappa shape index (κ2) is 2.62. The average molecular weight is 198 g/mol. The maximum absolute atomic E-state index is 2.48. The Morgan fingerprint density at radius 1 is 0.692 bits per heavy atom. The van der Waals surface area contributed by atoms with Gasteiger partial charge < -0.3 is 0 Å². The van der Waals surface area contributed by atoms with Gasteiger partial charge in [-0.3, -0.25) is 0 Å². The van der Waals surface area contributed by atoms with Crippen LogP contribution in [0.5, 0.6) is 0 Å². The van der Waals surface area contributed by atoms with E-state index < -0.39 is 8.07 Å². The summed E-state index contributed by atoms with van der Waals surface area (Å²) in [5.74, 6) is 0. The Balaban J connectivity index is 3.09. The molecule has 1 saturated heterocycles. The molecule has 1 rings (SSSR count). The summed E-state index contributed by atoms with van der Waals surface area (Å²) in [6.07, 6.45) is 0. The third kappa shape index (κ3) is 1.23. The lowest BCUT2D eigenvalue weighted by Crippen LogP contribution is -2.40. The summed E-state index contributed by atoms with van der Waals surface area (Å²) >= 11 is 0. The number of hydrogen-bond acceptors (Lipinski definition) is 0. The lowest BCUT2D eigenvalue weighted by atomic mass is 10.2. The quantitative estimate of drug-likeness (QED) is 0.489. The predicted molar refractivity (Wildman–Crippen MR) is 64.0 cm³/mol. The van der Waals surface area contributed by atoms with Gasteiger partial charge in [0.15, 0.2) is 0 Å². The average Bonchev–Trinajstić information content (AvgIpc) is 2.32. The normalized spacial score (nSPS) is 33.2. The van der Waals surface area contributed by atoms with Gasteiger partial charge in [0.1, 0.15) is 0 Å². The van der Waals surface area contributed by atoms with Crippen molar-refractivity contribution < 1.29 is 0 Å². The molecule has 0 aromatic carbocycles. The molecule has 0 nitrogen and oxygen atoms in total. The second-order valence-corrected chi connectivity index (χ2v) is 13.5. The fourth-order valence-electron chi connectivity index (χ4n) is 4.63. The van der Waals surface area contributed by atoms with E-state index in [0.717, 1.165) is 11.1 Å². The molecule has 0 unspecified atom stereocenters. The molecule has 1 aliphatic rings. The van der Waals surface area contributed by atoms with Crippen molar-refractivity contribution in [2.24, 2.45) is 0 Å². The Kier molecular flexibility index (Phi) is 2.28. The van der Waals surface area contributed by atoms with Crippen LogP contribution in [0.4, 0.5) is 0 Å². The summed E-state index contributed by atoms with van der Waals surface area (Å²) in [5.41, 5.74) is 2.04. The molecule has 0 radical (unpaired) electrons. The summed E-state index contributed by atoms with van der Waals surface area (Å²) in [6, 6.07) is 0. The van der Waals surface area contributed by atoms with Crippen molar-refractivity contribution in [1.29, 1.82) is 0 Å². The van der Waals surface area contributed by atoms with Crippen LogP contribution >= 0.6 is 0 Å². The van der Waals surface area contributed by atoms with Gasteiger partial charge in [0, 0.05) is 0 Å². The van der Waals surface area contributed by atoms with Gasteiger partial charge in [-0.25, -0.2) is 0 Å². The molecule has 1 aliphatic heterocycles. The van der Waals surface area contributed by atoms with E-state index >= 15 is 0 Å². The van der Waals surface area contributed by atoms with Crippen LogP contribution in [-0.2, 0) is 0 Å². The van der Waals surface area contributed by atoms with Gasteiger partial charge in [-0.1, -0.05) is 55.4 Å². The lowest BCUT2D eigenvalue weighted by molar-refractivity contribution is 0.632. The molecule has 13 heavy (non-hydrogen) atoms. The molecular formula is C12H26Si. The molecular weight excluding hydrogens is 172 g/mol. The minimum absolute atomic E-state index is 0.573. The van der Waals surface area contributed by atoms with Crippen molar-refractivity contribution in [2.45, 2.75) is 76.5 Å². The van der Waals surface area contributed by atoms with Gasteiger partial charge >= 0.3 is 0 Å². The van der Waals surface area contributed by atoms with Gasteiger partial charge in [0.05, 0.1) is 8.07 Å². The van der Waals surface area contributed by atoms with Gasteiger partial charge in [0.2, 0.25) is 0 Å². The molecule has 1 heteroatoms. The molecule has 0 spiro atoms. The number of hydrogen-bond donors (Lipinski definition) is 0. The van der Waals surface area contributed by atoms with Crippen molar-refractivity contribution in [1.82, 2.24) is 0 Å². The highest BCUT2D eigenvalue weighted by Crippen LogP contribution is 2.77. The first kappa shape index (κ1) is 11.3. The van der Waals surface area contributed by atoms with Crippen LogP contribution in [-0.4, -0.2) is 8.07 Å². The van der Waals surface area contributed by atoms with Crippen LogP contribution in [0.15, 0.2) is 0 Å². The number of rotatable bonds is 0. The summed E-state index contributed by atoms with van der Waals surface area (Å²) < 4.78 is 0. The minimum atomic E-state index is -1.06. The van der Waals surface area contributed by atoms with Crippen molar-refractivity contribution in [3.63, 3.8) is 0 Å². The zero-order chi connectivity index (χ0) is 10.7. The molecule has 0 aromatic rings. The molecule has 2 atom stereocenters. The van der Waals surface area contributed by atoms with Crippen molar-refractivity contribution in [3.8, 4) is 0 Å². The molecule has 0 amide bonds. The Labute approximate surface area is 85.1 Å². The van der Waals surface area contributed by atoms with Crippen LogP contribution < -0.4 is 0 Å². The maximum Gasteiger partial charge on any atom is 0.0700 e. The topological polar surface area (TPSA) is 0 Å².